The Bertz CT molecular complexity index is 388. The Morgan fingerprint density at radius 3 is 2.44 bits per heavy atom. The van der Waals surface area contributed by atoms with Crippen LogP contribution in [-0.2, 0) is 6.18 Å². The normalized spacial score (nSPS) is 24.9. The van der Waals surface area contributed by atoms with E-state index >= 15 is 0 Å². The van der Waals surface area contributed by atoms with Crippen LogP contribution in [-0.4, -0.2) is 17.0 Å². The maximum Gasteiger partial charge on any atom is 0.416 e. The van der Waals surface area contributed by atoms with Crippen LogP contribution in [0.2, 0.25) is 0 Å². The topological polar surface area (TPSA) is 12.0 Å². The first kappa shape index (κ1) is 13.6. The van der Waals surface area contributed by atoms with E-state index in [-0.39, 0.29) is 0 Å². The smallest absolute Gasteiger partial charge is 0.381 e. The quantitative estimate of drug-likeness (QED) is 0.858. The summed E-state index contributed by atoms with van der Waals surface area (Å²) in [5, 5.41) is 3.82. The summed E-state index contributed by atoms with van der Waals surface area (Å²) in [6, 6.07) is 5.62. The van der Waals surface area contributed by atoms with E-state index < -0.39 is 11.7 Å². The van der Waals surface area contributed by atoms with E-state index in [2.05, 4.69) is 12.2 Å². The molecule has 100 valence electrons. The summed E-state index contributed by atoms with van der Waals surface area (Å²) in [6.07, 6.45) is -2.02. The van der Waals surface area contributed by atoms with Crippen molar-refractivity contribution in [3.63, 3.8) is 0 Å². The number of thioether (sulfide) groups is 1. The molecule has 2 rings (SSSR count). The molecule has 1 aliphatic rings. The molecule has 0 spiro atoms. The van der Waals surface area contributed by atoms with Gasteiger partial charge in [0, 0.05) is 17.0 Å². The Hall–Kier alpha value is -0.840. The van der Waals surface area contributed by atoms with Gasteiger partial charge in [-0.3, -0.25) is 0 Å². The van der Waals surface area contributed by atoms with Crippen LogP contribution in [0.15, 0.2) is 24.3 Å². The lowest BCUT2D eigenvalue weighted by atomic mass is 10.1. The molecular weight excluding hydrogens is 259 g/mol. The van der Waals surface area contributed by atoms with Crippen molar-refractivity contribution in [1.82, 2.24) is 0 Å². The summed E-state index contributed by atoms with van der Waals surface area (Å²) in [6.45, 7) is 2.16. The van der Waals surface area contributed by atoms with Gasteiger partial charge in [-0.05, 0) is 42.9 Å². The molecule has 0 radical (unpaired) electrons. The van der Waals surface area contributed by atoms with Gasteiger partial charge in [-0.1, -0.05) is 6.92 Å². The monoisotopic (exact) mass is 275 g/mol. The van der Waals surface area contributed by atoms with Crippen LogP contribution in [0, 0.1) is 0 Å². The van der Waals surface area contributed by atoms with Crippen LogP contribution in [0.1, 0.15) is 25.3 Å². The zero-order valence-corrected chi connectivity index (χ0v) is 10.9. The number of benzene rings is 1. The van der Waals surface area contributed by atoms with Crippen molar-refractivity contribution in [3.8, 4) is 0 Å². The first-order valence-corrected chi connectivity index (χ1v) is 7.07. The molecule has 0 bridgehead atoms. The van der Waals surface area contributed by atoms with Crippen LogP contribution < -0.4 is 5.32 Å². The van der Waals surface area contributed by atoms with Crippen LogP contribution in [0.25, 0.3) is 0 Å². The SMILES string of the molecule is CC1SCCCC1Nc1ccc(C(F)(F)F)cc1. The number of nitrogens with one attached hydrogen (secondary N) is 1. The van der Waals surface area contributed by atoms with E-state index in [1.165, 1.54) is 17.9 Å². The Balaban J connectivity index is 2.02. The third-order valence-electron chi connectivity index (χ3n) is 3.17. The highest BCUT2D eigenvalue weighted by atomic mass is 32.2. The van der Waals surface area contributed by atoms with Crippen molar-refractivity contribution in [3.05, 3.63) is 29.8 Å². The zero-order chi connectivity index (χ0) is 13.2. The predicted octanol–water partition coefficient (Wildman–Crippen LogP) is 4.40. The van der Waals surface area contributed by atoms with E-state index in [9.17, 15) is 13.2 Å². The van der Waals surface area contributed by atoms with Gasteiger partial charge in [0.1, 0.15) is 0 Å². The van der Waals surface area contributed by atoms with E-state index in [1.54, 1.807) is 0 Å². The number of alkyl halides is 3. The van der Waals surface area contributed by atoms with Gasteiger partial charge in [0.15, 0.2) is 0 Å². The molecule has 1 aromatic carbocycles. The summed E-state index contributed by atoms with van der Waals surface area (Å²) in [7, 11) is 0. The van der Waals surface area contributed by atoms with E-state index in [4.69, 9.17) is 0 Å². The molecule has 0 saturated carbocycles. The van der Waals surface area contributed by atoms with Gasteiger partial charge in [0.2, 0.25) is 0 Å². The third-order valence-corrected chi connectivity index (χ3v) is 4.55. The molecule has 1 aliphatic heterocycles. The second-order valence-corrected chi connectivity index (χ2v) is 6.03. The van der Waals surface area contributed by atoms with Crippen LogP contribution in [0.3, 0.4) is 0 Å². The number of hydrogen-bond donors (Lipinski definition) is 1. The molecule has 1 heterocycles. The molecule has 1 nitrogen and oxygen atoms in total. The molecule has 18 heavy (non-hydrogen) atoms. The first-order valence-electron chi connectivity index (χ1n) is 6.02. The molecule has 0 amide bonds. The Morgan fingerprint density at radius 1 is 1.22 bits per heavy atom. The molecular formula is C13H16F3NS. The average Bonchev–Trinajstić information content (AvgIpc) is 2.32. The molecule has 1 aromatic rings. The van der Waals surface area contributed by atoms with Crippen LogP contribution in [0.4, 0.5) is 18.9 Å². The molecule has 1 fully saturated rings. The molecule has 2 unspecified atom stereocenters. The minimum absolute atomic E-state index is 0.348. The lowest BCUT2D eigenvalue weighted by Gasteiger charge is -2.30. The lowest BCUT2D eigenvalue weighted by molar-refractivity contribution is -0.137. The summed E-state index contributed by atoms with van der Waals surface area (Å²) < 4.78 is 37.2. The van der Waals surface area contributed by atoms with Gasteiger partial charge in [-0.2, -0.15) is 24.9 Å². The fourth-order valence-electron chi connectivity index (χ4n) is 2.08. The number of hydrogen-bond acceptors (Lipinski definition) is 2. The highest BCUT2D eigenvalue weighted by Gasteiger charge is 2.30. The lowest BCUT2D eigenvalue weighted by Crippen LogP contribution is -2.32. The Morgan fingerprint density at radius 2 is 1.89 bits per heavy atom. The maximum absolute atomic E-state index is 12.4. The molecule has 0 aliphatic carbocycles. The molecule has 1 N–H and O–H groups in total. The summed E-state index contributed by atoms with van der Waals surface area (Å²) in [5.74, 6) is 1.17. The highest BCUT2D eigenvalue weighted by molar-refractivity contribution is 8.00. The summed E-state index contributed by atoms with van der Waals surface area (Å²) >= 11 is 1.91. The van der Waals surface area contributed by atoms with Crippen molar-refractivity contribution < 1.29 is 13.2 Å². The Labute approximate surface area is 109 Å². The highest BCUT2D eigenvalue weighted by Crippen LogP contribution is 2.31. The molecule has 5 heteroatoms. The predicted molar refractivity (Wildman–Crippen MR) is 70.0 cm³/mol. The number of halogens is 3. The van der Waals surface area contributed by atoms with Crippen molar-refractivity contribution in [2.24, 2.45) is 0 Å². The van der Waals surface area contributed by atoms with Gasteiger partial charge >= 0.3 is 6.18 Å². The molecule has 1 saturated heterocycles. The second-order valence-electron chi connectivity index (χ2n) is 4.54. The van der Waals surface area contributed by atoms with Crippen LogP contribution >= 0.6 is 11.8 Å². The van der Waals surface area contributed by atoms with Gasteiger partial charge in [-0.15, -0.1) is 0 Å². The van der Waals surface area contributed by atoms with Crippen molar-refractivity contribution in [2.45, 2.75) is 37.2 Å². The van der Waals surface area contributed by atoms with E-state index in [0.29, 0.717) is 11.3 Å². The fraction of sp³-hybridized carbons (Fsp3) is 0.538. The molecule has 0 aromatic heterocycles. The van der Waals surface area contributed by atoms with Gasteiger partial charge < -0.3 is 5.32 Å². The Kier molecular flexibility index (Phi) is 4.10. The number of rotatable bonds is 2. The second kappa shape index (κ2) is 5.43. The van der Waals surface area contributed by atoms with E-state index in [0.717, 1.165) is 30.7 Å². The fourth-order valence-corrected chi connectivity index (χ4v) is 3.22. The summed E-state index contributed by atoms with van der Waals surface area (Å²) in [5.41, 5.74) is 0.168. The van der Waals surface area contributed by atoms with Crippen LogP contribution in [0.5, 0.6) is 0 Å². The average molecular weight is 275 g/mol. The zero-order valence-electron chi connectivity index (χ0n) is 10.1. The minimum Gasteiger partial charge on any atom is -0.381 e. The van der Waals surface area contributed by atoms with Crippen molar-refractivity contribution in [1.29, 1.82) is 0 Å². The summed E-state index contributed by atoms with van der Waals surface area (Å²) in [4.78, 5) is 0. The minimum atomic E-state index is -4.26. The van der Waals surface area contributed by atoms with Gasteiger partial charge in [0.25, 0.3) is 0 Å². The van der Waals surface area contributed by atoms with Gasteiger partial charge in [-0.25, -0.2) is 0 Å². The maximum atomic E-state index is 12.4. The van der Waals surface area contributed by atoms with E-state index in [1.807, 2.05) is 11.8 Å². The number of anilines is 1. The van der Waals surface area contributed by atoms with Gasteiger partial charge in [0.05, 0.1) is 5.56 Å². The first-order chi connectivity index (χ1) is 8.47. The van der Waals surface area contributed by atoms with Crippen molar-refractivity contribution in [2.75, 3.05) is 11.1 Å². The molecule has 2 atom stereocenters. The standard InChI is InChI=1S/C13H16F3NS/c1-9-12(3-2-8-18-9)17-11-6-4-10(5-7-11)13(14,15)16/h4-7,9,12,17H,2-3,8H2,1H3. The third kappa shape index (κ3) is 3.34. The van der Waals surface area contributed by atoms with Crippen molar-refractivity contribution >= 4 is 17.4 Å². The largest absolute Gasteiger partial charge is 0.416 e.